The van der Waals surface area contributed by atoms with Crippen molar-refractivity contribution >= 4 is 11.6 Å². The highest BCUT2D eigenvalue weighted by Gasteiger charge is 2.28. The molecule has 0 atom stereocenters. The lowest BCUT2D eigenvalue weighted by Gasteiger charge is -2.12. The van der Waals surface area contributed by atoms with Crippen molar-refractivity contribution in [2.24, 2.45) is 0 Å². The fourth-order valence-electron chi connectivity index (χ4n) is 1.12. The predicted octanol–water partition coefficient (Wildman–Crippen LogP) is 3.67. The Balaban J connectivity index is 2.78. The van der Waals surface area contributed by atoms with Gasteiger partial charge in [0, 0.05) is 5.88 Å². The maximum Gasteiger partial charge on any atom is 0.422 e. The van der Waals surface area contributed by atoms with Gasteiger partial charge in [-0.15, -0.1) is 11.6 Å². The van der Waals surface area contributed by atoms with Crippen molar-refractivity contribution in [1.82, 2.24) is 0 Å². The maximum atomic E-state index is 11.9. The van der Waals surface area contributed by atoms with Crippen LogP contribution in [0.25, 0.3) is 0 Å². The van der Waals surface area contributed by atoms with Gasteiger partial charge in [0.05, 0.1) is 0 Å². The molecule has 0 bridgehead atoms. The van der Waals surface area contributed by atoms with E-state index in [2.05, 4.69) is 4.74 Å². The van der Waals surface area contributed by atoms with Crippen LogP contribution in [0.4, 0.5) is 13.2 Å². The van der Waals surface area contributed by atoms with E-state index in [-0.39, 0.29) is 11.6 Å². The molecule has 0 aliphatic carbocycles. The molecule has 1 nitrogen and oxygen atoms in total. The van der Waals surface area contributed by atoms with Crippen molar-refractivity contribution < 1.29 is 17.9 Å². The minimum Gasteiger partial charge on any atom is -0.484 e. The van der Waals surface area contributed by atoms with Gasteiger partial charge < -0.3 is 4.74 Å². The van der Waals surface area contributed by atoms with Gasteiger partial charge in [0.25, 0.3) is 0 Å². The van der Waals surface area contributed by atoms with Crippen molar-refractivity contribution in [1.29, 1.82) is 0 Å². The predicted molar refractivity (Wildman–Crippen MR) is 52.3 cm³/mol. The molecule has 0 aromatic heterocycles. The molecular formula is C10H10ClF3O. The Bertz CT molecular complexity index is 336. The summed E-state index contributed by atoms with van der Waals surface area (Å²) < 4.78 is 40.4. The third-order valence-electron chi connectivity index (χ3n) is 1.93. The van der Waals surface area contributed by atoms with Crippen molar-refractivity contribution in [3.63, 3.8) is 0 Å². The average Bonchev–Trinajstić information content (AvgIpc) is 2.15. The third kappa shape index (κ3) is 3.63. The molecule has 0 heterocycles. The van der Waals surface area contributed by atoms with Crippen LogP contribution in [-0.4, -0.2) is 12.8 Å². The summed E-state index contributed by atoms with van der Waals surface area (Å²) in [5, 5.41) is 0. The van der Waals surface area contributed by atoms with Gasteiger partial charge in [0.2, 0.25) is 0 Å². The monoisotopic (exact) mass is 238 g/mol. The SMILES string of the molecule is Cc1c(CCl)cccc1OCC(F)(F)F. The Labute approximate surface area is 90.8 Å². The first-order valence-electron chi connectivity index (χ1n) is 4.28. The van der Waals surface area contributed by atoms with E-state index in [4.69, 9.17) is 11.6 Å². The molecule has 0 amide bonds. The molecular weight excluding hydrogens is 229 g/mol. The van der Waals surface area contributed by atoms with Crippen LogP contribution in [0.2, 0.25) is 0 Å². The molecule has 1 aromatic rings. The molecule has 0 N–H and O–H groups in total. The molecule has 5 heteroatoms. The summed E-state index contributed by atoms with van der Waals surface area (Å²) in [6.45, 7) is 0.406. The number of halogens is 4. The highest BCUT2D eigenvalue weighted by molar-refractivity contribution is 6.17. The molecule has 0 spiro atoms. The van der Waals surface area contributed by atoms with Crippen LogP contribution in [0, 0.1) is 6.92 Å². The zero-order chi connectivity index (χ0) is 11.5. The zero-order valence-electron chi connectivity index (χ0n) is 8.07. The Hall–Kier alpha value is -0.900. The lowest BCUT2D eigenvalue weighted by atomic mass is 10.1. The van der Waals surface area contributed by atoms with Gasteiger partial charge in [-0.05, 0) is 24.1 Å². The quantitative estimate of drug-likeness (QED) is 0.730. The van der Waals surface area contributed by atoms with Crippen molar-refractivity contribution in [3.05, 3.63) is 29.3 Å². The molecule has 15 heavy (non-hydrogen) atoms. The van der Waals surface area contributed by atoms with Crippen LogP contribution in [0.15, 0.2) is 18.2 Å². The highest BCUT2D eigenvalue weighted by atomic mass is 35.5. The fourth-order valence-corrected chi connectivity index (χ4v) is 1.41. The highest BCUT2D eigenvalue weighted by Crippen LogP contribution is 2.24. The van der Waals surface area contributed by atoms with Gasteiger partial charge in [0.15, 0.2) is 6.61 Å². The zero-order valence-corrected chi connectivity index (χ0v) is 8.82. The Kier molecular flexibility index (Phi) is 3.85. The Morgan fingerprint density at radius 1 is 1.33 bits per heavy atom. The van der Waals surface area contributed by atoms with Crippen molar-refractivity contribution in [2.45, 2.75) is 19.0 Å². The summed E-state index contributed by atoms with van der Waals surface area (Å²) in [7, 11) is 0. The smallest absolute Gasteiger partial charge is 0.422 e. The Morgan fingerprint density at radius 2 is 2.00 bits per heavy atom. The van der Waals surface area contributed by atoms with Gasteiger partial charge >= 0.3 is 6.18 Å². The van der Waals surface area contributed by atoms with E-state index < -0.39 is 12.8 Å². The largest absolute Gasteiger partial charge is 0.484 e. The Morgan fingerprint density at radius 3 is 2.53 bits per heavy atom. The first-order chi connectivity index (χ1) is 6.94. The topological polar surface area (TPSA) is 9.23 Å². The van der Waals surface area contributed by atoms with Gasteiger partial charge in [0.1, 0.15) is 5.75 Å². The van der Waals surface area contributed by atoms with Crippen LogP contribution >= 0.6 is 11.6 Å². The van der Waals surface area contributed by atoms with Gasteiger partial charge in [-0.1, -0.05) is 12.1 Å². The van der Waals surface area contributed by atoms with Gasteiger partial charge in [-0.3, -0.25) is 0 Å². The molecule has 0 radical (unpaired) electrons. The van der Waals surface area contributed by atoms with E-state index in [1.807, 2.05) is 0 Å². The van der Waals surface area contributed by atoms with E-state index >= 15 is 0 Å². The minimum absolute atomic E-state index is 0.227. The van der Waals surface area contributed by atoms with Crippen LogP contribution in [0.5, 0.6) is 5.75 Å². The van der Waals surface area contributed by atoms with E-state index in [9.17, 15) is 13.2 Å². The second-order valence-corrected chi connectivity index (χ2v) is 3.35. The number of benzene rings is 1. The molecule has 0 aliphatic heterocycles. The summed E-state index contributed by atoms with van der Waals surface area (Å²) in [5.74, 6) is 0.486. The van der Waals surface area contributed by atoms with E-state index in [1.165, 1.54) is 6.07 Å². The van der Waals surface area contributed by atoms with Crippen molar-refractivity contribution in [2.75, 3.05) is 6.61 Å². The summed E-state index contributed by atoms with van der Waals surface area (Å²) in [6.07, 6.45) is -4.32. The minimum atomic E-state index is -4.32. The van der Waals surface area contributed by atoms with Crippen LogP contribution in [-0.2, 0) is 5.88 Å². The molecule has 0 saturated carbocycles. The van der Waals surface area contributed by atoms with Crippen LogP contribution in [0.1, 0.15) is 11.1 Å². The van der Waals surface area contributed by atoms with E-state index in [0.717, 1.165) is 5.56 Å². The maximum absolute atomic E-state index is 11.9. The van der Waals surface area contributed by atoms with E-state index in [1.54, 1.807) is 19.1 Å². The van der Waals surface area contributed by atoms with Gasteiger partial charge in [-0.2, -0.15) is 13.2 Å². The first kappa shape index (κ1) is 12.2. The lowest BCUT2D eigenvalue weighted by Crippen LogP contribution is -2.19. The van der Waals surface area contributed by atoms with Gasteiger partial charge in [-0.25, -0.2) is 0 Å². The standard InChI is InChI=1S/C10H10ClF3O/c1-7-8(5-11)3-2-4-9(7)15-6-10(12,13)14/h2-4H,5-6H2,1H3. The number of hydrogen-bond acceptors (Lipinski definition) is 1. The first-order valence-corrected chi connectivity index (χ1v) is 4.81. The van der Waals surface area contributed by atoms with Crippen LogP contribution in [0.3, 0.4) is 0 Å². The average molecular weight is 239 g/mol. The summed E-state index contributed by atoms with van der Waals surface area (Å²) in [4.78, 5) is 0. The summed E-state index contributed by atoms with van der Waals surface area (Å²) in [6, 6.07) is 4.87. The molecule has 0 saturated heterocycles. The molecule has 84 valence electrons. The molecule has 1 aromatic carbocycles. The lowest BCUT2D eigenvalue weighted by molar-refractivity contribution is -0.153. The number of alkyl halides is 4. The number of ether oxygens (including phenoxy) is 1. The molecule has 0 fully saturated rings. The number of rotatable bonds is 3. The second-order valence-electron chi connectivity index (χ2n) is 3.08. The normalized spacial score (nSPS) is 11.5. The number of hydrogen-bond donors (Lipinski definition) is 0. The molecule has 0 unspecified atom stereocenters. The summed E-state index contributed by atoms with van der Waals surface area (Å²) >= 11 is 5.62. The van der Waals surface area contributed by atoms with Crippen LogP contribution < -0.4 is 4.74 Å². The third-order valence-corrected chi connectivity index (χ3v) is 2.22. The molecule has 1 rings (SSSR count). The summed E-state index contributed by atoms with van der Waals surface area (Å²) in [5.41, 5.74) is 1.42. The fraction of sp³-hybridized carbons (Fsp3) is 0.400. The molecule has 0 aliphatic rings. The van der Waals surface area contributed by atoms with Crippen molar-refractivity contribution in [3.8, 4) is 5.75 Å². The van der Waals surface area contributed by atoms with E-state index in [0.29, 0.717) is 5.56 Å². The second kappa shape index (κ2) is 4.75.